The van der Waals surface area contributed by atoms with Gasteiger partial charge in [-0.3, -0.25) is 0 Å². The summed E-state index contributed by atoms with van der Waals surface area (Å²) >= 11 is 0. The maximum absolute atomic E-state index is 12.0. The van der Waals surface area contributed by atoms with Crippen LogP contribution in [0.2, 0.25) is 0 Å². The highest BCUT2D eigenvalue weighted by atomic mass is 32.2. The van der Waals surface area contributed by atoms with Crippen molar-refractivity contribution >= 4 is 10.0 Å². The fraction of sp³-hybridized carbons (Fsp3) is 0.538. The highest BCUT2D eigenvalue weighted by Gasteiger charge is 2.21. The summed E-state index contributed by atoms with van der Waals surface area (Å²) in [5.74, 6) is 0.178. The van der Waals surface area contributed by atoms with Crippen molar-refractivity contribution in [2.24, 2.45) is 0 Å². The summed E-state index contributed by atoms with van der Waals surface area (Å²) in [5.41, 5.74) is 1.06. The van der Waals surface area contributed by atoms with Crippen molar-refractivity contribution in [3.8, 4) is 0 Å². The zero-order chi connectivity index (χ0) is 12.9. The van der Waals surface area contributed by atoms with Crippen LogP contribution in [-0.4, -0.2) is 31.6 Å². The second-order valence-electron chi connectivity index (χ2n) is 4.33. The van der Waals surface area contributed by atoms with Crippen molar-refractivity contribution in [1.29, 1.82) is 0 Å². The second-order valence-corrected chi connectivity index (χ2v) is 6.47. The van der Waals surface area contributed by atoms with Crippen molar-refractivity contribution in [2.75, 3.05) is 12.8 Å². The number of sulfonamides is 1. The fourth-order valence-corrected chi connectivity index (χ4v) is 3.05. The maximum Gasteiger partial charge on any atom is 0.214 e. The van der Waals surface area contributed by atoms with Gasteiger partial charge in [0, 0.05) is 13.1 Å². The van der Waals surface area contributed by atoms with E-state index in [1.807, 2.05) is 44.2 Å². The molecule has 0 heterocycles. The van der Waals surface area contributed by atoms with E-state index in [0.717, 1.165) is 12.0 Å². The van der Waals surface area contributed by atoms with Gasteiger partial charge in [-0.1, -0.05) is 37.3 Å². The summed E-state index contributed by atoms with van der Waals surface area (Å²) < 4.78 is 25.5. The molecule has 0 unspecified atom stereocenters. The van der Waals surface area contributed by atoms with Crippen molar-refractivity contribution in [2.45, 2.75) is 32.7 Å². The number of aryl methyl sites for hydroxylation is 1. The van der Waals surface area contributed by atoms with Gasteiger partial charge in [-0.15, -0.1) is 0 Å². The predicted octanol–water partition coefficient (Wildman–Crippen LogP) is 2.29. The van der Waals surface area contributed by atoms with Crippen LogP contribution in [0.5, 0.6) is 0 Å². The molecular formula is C13H21NO2S. The third-order valence-corrected chi connectivity index (χ3v) is 5.10. The number of benzene rings is 1. The minimum absolute atomic E-state index is 0.0655. The first-order valence-electron chi connectivity index (χ1n) is 5.97. The van der Waals surface area contributed by atoms with Crippen molar-refractivity contribution in [3.63, 3.8) is 0 Å². The zero-order valence-electron chi connectivity index (χ0n) is 10.8. The number of hydrogen-bond donors (Lipinski definition) is 0. The Hall–Kier alpha value is -0.870. The monoisotopic (exact) mass is 255 g/mol. The first kappa shape index (κ1) is 14.2. The lowest BCUT2D eigenvalue weighted by atomic mass is 10.2. The van der Waals surface area contributed by atoms with E-state index >= 15 is 0 Å². The number of nitrogens with zero attached hydrogens (tertiary/aromatic N) is 1. The van der Waals surface area contributed by atoms with Gasteiger partial charge in [0.25, 0.3) is 0 Å². The molecule has 0 saturated heterocycles. The van der Waals surface area contributed by atoms with Gasteiger partial charge in [0.1, 0.15) is 0 Å². The Balaban J connectivity index is 2.62. The quantitative estimate of drug-likeness (QED) is 0.782. The third kappa shape index (κ3) is 4.13. The molecule has 0 spiro atoms. The lowest BCUT2D eigenvalue weighted by Crippen LogP contribution is -2.36. The van der Waals surface area contributed by atoms with Crippen LogP contribution in [0.25, 0.3) is 0 Å². The molecule has 3 nitrogen and oxygen atoms in total. The molecule has 0 N–H and O–H groups in total. The molecule has 1 aromatic carbocycles. The van der Waals surface area contributed by atoms with E-state index in [-0.39, 0.29) is 11.8 Å². The summed E-state index contributed by atoms with van der Waals surface area (Å²) in [7, 11) is -1.48. The zero-order valence-corrected chi connectivity index (χ0v) is 11.6. The van der Waals surface area contributed by atoms with Gasteiger partial charge in [0.2, 0.25) is 10.0 Å². The van der Waals surface area contributed by atoms with Crippen LogP contribution in [-0.2, 0) is 16.4 Å². The first-order valence-corrected chi connectivity index (χ1v) is 7.58. The molecule has 0 saturated carbocycles. The molecule has 0 amide bonds. The van der Waals surface area contributed by atoms with Crippen LogP contribution < -0.4 is 0 Å². The van der Waals surface area contributed by atoms with E-state index in [1.165, 1.54) is 4.31 Å². The van der Waals surface area contributed by atoms with E-state index in [9.17, 15) is 8.42 Å². The van der Waals surface area contributed by atoms with E-state index in [4.69, 9.17) is 0 Å². The van der Waals surface area contributed by atoms with Gasteiger partial charge in [-0.25, -0.2) is 12.7 Å². The predicted molar refractivity (Wildman–Crippen MR) is 71.4 cm³/mol. The van der Waals surface area contributed by atoms with Crippen molar-refractivity contribution in [3.05, 3.63) is 35.9 Å². The van der Waals surface area contributed by atoms with Gasteiger partial charge in [0.05, 0.1) is 5.75 Å². The largest absolute Gasteiger partial charge is 0.214 e. The van der Waals surface area contributed by atoms with Gasteiger partial charge < -0.3 is 0 Å². The maximum atomic E-state index is 12.0. The molecule has 1 atom stereocenters. The molecule has 0 bridgehead atoms. The lowest BCUT2D eigenvalue weighted by molar-refractivity contribution is 0.380. The highest BCUT2D eigenvalue weighted by Crippen LogP contribution is 2.10. The molecule has 17 heavy (non-hydrogen) atoms. The number of hydrogen-bond acceptors (Lipinski definition) is 2. The van der Waals surface area contributed by atoms with Crippen LogP contribution in [0.1, 0.15) is 25.8 Å². The molecule has 0 aliphatic rings. The Morgan fingerprint density at radius 1 is 1.24 bits per heavy atom. The summed E-state index contributed by atoms with van der Waals surface area (Å²) in [4.78, 5) is 0. The third-order valence-electron chi connectivity index (χ3n) is 3.14. The molecule has 0 radical (unpaired) electrons. The Morgan fingerprint density at radius 3 is 2.35 bits per heavy atom. The molecular weight excluding hydrogens is 234 g/mol. The summed E-state index contributed by atoms with van der Waals surface area (Å²) in [5, 5.41) is 0. The molecule has 96 valence electrons. The van der Waals surface area contributed by atoms with Crippen molar-refractivity contribution in [1.82, 2.24) is 4.31 Å². The van der Waals surface area contributed by atoms with E-state index in [0.29, 0.717) is 6.42 Å². The highest BCUT2D eigenvalue weighted by molar-refractivity contribution is 7.89. The smallest absolute Gasteiger partial charge is 0.212 e. The van der Waals surface area contributed by atoms with Gasteiger partial charge in [0.15, 0.2) is 0 Å². The fourth-order valence-electron chi connectivity index (χ4n) is 1.57. The molecule has 0 aliphatic heterocycles. The van der Waals surface area contributed by atoms with Crippen LogP contribution in [0.4, 0.5) is 0 Å². The van der Waals surface area contributed by atoms with Gasteiger partial charge in [-0.05, 0) is 25.3 Å². The molecule has 0 aromatic heterocycles. The Kier molecular flexibility index (Phi) is 5.15. The van der Waals surface area contributed by atoms with Crippen LogP contribution in [0, 0.1) is 0 Å². The second kappa shape index (κ2) is 6.17. The average Bonchev–Trinajstić information content (AvgIpc) is 2.36. The Labute approximate surface area is 105 Å². The molecule has 0 aliphatic carbocycles. The summed E-state index contributed by atoms with van der Waals surface area (Å²) in [6.07, 6.45) is 1.41. The van der Waals surface area contributed by atoms with Crippen LogP contribution >= 0.6 is 0 Å². The minimum atomic E-state index is -3.14. The Bertz CT molecular complexity index is 428. The van der Waals surface area contributed by atoms with Crippen LogP contribution in [0.15, 0.2) is 30.3 Å². The molecule has 0 fully saturated rings. The average molecular weight is 255 g/mol. The van der Waals surface area contributed by atoms with E-state index < -0.39 is 10.0 Å². The Morgan fingerprint density at radius 2 is 1.82 bits per heavy atom. The minimum Gasteiger partial charge on any atom is -0.212 e. The van der Waals surface area contributed by atoms with Crippen molar-refractivity contribution < 1.29 is 8.42 Å². The topological polar surface area (TPSA) is 37.4 Å². The van der Waals surface area contributed by atoms with Gasteiger partial charge >= 0.3 is 0 Å². The summed E-state index contributed by atoms with van der Waals surface area (Å²) in [6, 6.07) is 9.78. The summed E-state index contributed by atoms with van der Waals surface area (Å²) in [6.45, 7) is 3.92. The SMILES string of the molecule is CC[C@H](C)N(C)S(=O)(=O)CCc1ccccc1. The first-order chi connectivity index (χ1) is 7.97. The van der Waals surface area contributed by atoms with Crippen LogP contribution in [0.3, 0.4) is 0 Å². The molecule has 1 aromatic rings. The van der Waals surface area contributed by atoms with E-state index in [2.05, 4.69) is 0 Å². The number of rotatable bonds is 6. The normalized spacial score (nSPS) is 13.9. The van der Waals surface area contributed by atoms with Gasteiger partial charge in [-0.2, -0.15) is 0 Å². The van der Waals surface area contributed by atoms with E-state index in [1.54, 1.807) is 7.05 Å². The lowest BCUT2D eigenvalue weighted by Gasteiger charge is -2.23. The molecule has 1 rings (SSSR count). The standard InChI is InChI=1S/C13H21NO2S/c1-4-12(2)14(3)17(15,16)11-10-13-8-6-5-7-9-13/h5-9,12H,4,10-11H2,1-3H3/t12-/m0/s1. The molecule has 4 heteroatoms.